The SMILES string of the molecule is CC(=O)c1cccc(S(=O)(=O)N2CCCC[C@@H]2C(=O)O)c1. The fourth-order valence-corrected chi connectivity index (χ4v) is 4.15. The first-order chi connectivity index (χ1) is 9.84. The standard InChI is InChI=1S/C14H17NO5S/c1-10(16)11-5-4-6-12(9-11)21(19,20)15-8-3-2-7-13(15)14(17)18/h4-6,9,13H,2-3,7-8H2,1H3,(H,17,18)/t13-/m1/s1. The van der Waals surface area contributed by atoms with Gasteiger partial charge in [-0.3, -0.25) is 9.59 Å². The highest BCUT2D eigenvalue weighted by molar-refractivity contribution is 7.89. The van der Waals surface area contributed by atoms with Crippen LogP contribution in [0.25, 0.3) is 0 Å². The Balaban J connectivity index is 2.43. The third-order valence-corrected chi connectivity index (χ3v) is 5.49. The number of sulfonamides is 1. The molecule has 1 saturated heterocycles. The Labute approximate surface area is 123 Å². The number of carboxylic acids is 1. The summed E-state index contributed by atoms with van der Waals surface area (Å²) in [6.45, 7) is 1.54. The number of benzene rings is 1. The molecule has 2 rings (SSSR count). The van der Waals surface area contributed by atoms with E-state index < -0.39 is 22.0 Å². The van der Waals surface area contributed by atoms with Gasteiger partial charge in [0.2, 0.25) is 10.0 Å². The molecule has 1 heterocycles. The third kappa shape index (κ3) is 3.14. The fraction of sp³-hybridized carbons (Fsp3) is 0.429. The molecule has 0 unspecified atom stereocenters. The maximum absolute atomic E-state index is 12.6. The lowest BCUT2D eigenvalue weighted by Gasteiger charge is -2.31. The number of nitrogens with zero attached hydrogens (tertiary/aromatic N) is 1. The van der Waals surface area contributed by atoms with Crippen LogP contribution in [0.4, 0.5) is 0 Å². The number of piperidine rings is 1. The summed E-state index contributed by atoms with van der Waals surface area (Å²) < 4.78 is 26.3. The summed E-state index contributed by atoms with van der Waals surface area (Å²) in [4.78, 5) is 22.6. The Morgan fingerprint density at radius 1 is 1.29 bits per heavy atom. The number of rotatable bonds is 4. The Hall–Kier alpha value is -1.73. The van der Waals surface area contributed by atoms with Crippen molar-refractivity contribution in [1.82, 2.24) is 4.31 Å². The van der Waals surface area contributed by atoms with Gasteiger partial charge in [-0.1, -0.05) is 12.1 Å². The molecule has 1 aliphatic heterocycles. The van der Waals surface area contributed by atoms with Crippen molar-refractivity contribution in [2.75, 3.05) is 6.54 Å². The Bertz CT molecular complexity index is 668. The molecule has 7 heteroatoms. The number of hydrogen-bond acceptors (Lipinski definition) is 4. The van der Waals surface area contributed by atoms with Gasteiger partial charge in [-0.05, 0) is 38.3 Å². The van der Waals surface area contributed by atoms with Crippen LogP contribution in [0.15, 0.2) is 29.2 Å². The second-order valence-electron chi connectivity index (χ2n) is 5.05. The van der Waals surface area contributed by atoms with E-state index in [4.69, 9.17) is 0 Å². The summed E-state index contributed by atoms with van der Waals surface area (Å²) in [7, 11) is -3.91. The summed E-state index contributed by atoms with van der Waals surface area (Å²) in [6, 6.07) is 4.67. The second kappa shape index (κ2) is 5.95. The average Bonchev–Trinajstić information content (AvgIpc) is 2.47. The second-order valence-corrected chi connectivity index (χ2v) is 6.94. The largest absolute Gasteiger partial charge is 0.480 e. The molecule has 1 aliphatic rings. The summed E-state index contributed by atoms with van der Waals surface area (Å²) in [6.07, 6.45) is 1.63. The van der Waals surface area contributed by atoms with Crippen molar-refractivity contribution in [3.05, 3.63) is 29.8 Å². The molecule has 0 amide bonds. The van der Waals surface area contributed by atoms with Crippen LogP contribution < -0.4 is 0 Å². The molecular weight excluding hydrogens is 294 g/mol. The van der Waals surface area contributed by atoms with E-state index in [1.54, 1.807) is 0 Å². The highest BCUT2D eigenvalue weighted by Crippen LogP contribution is 2.26. The minimum atomic E-state index is -3.91. The number of Topliss-reactive ketones (excluding diaryl/α,β-unsaturated/α-hetero) is 1. The van der Waals surface area contributed by atoms with Gasteiger partial charge in [0.15, 0.2) is 5.78 Å². The van der Waals surface area contributed by atoms with E-state index in [9.17, 15) is 23.1 Å². The number of carbonyl (C=O) groups excluding carboxylic acids is 1. The van der Waals surface area contributed by atoms with Gasteiger partial charge in [-0.15, -0.1) is 0 Å². The topological polar surface area (TPSA) is 91.8 Å². The molecule has 6 nitrogen and oxygen atoms in total. The van der Waals surface area contributed by atoms with Crippen molar-refractivity contribution >= 4 is 21.8 Å². The van der Waals surface area contributed by atoms with Gasteiger partial charge in [0.25, 0.3) is 0 Å². The number of aliphatic carboxylic acids is 1. The third-order valence-electron chi connectivity index (χ3n) is 3.59. The lowest BCUT2D eigenvalue weighted by atomic mass is 10.1. The Kier molecular flexibility index (Phi) is 4.43. The van der Waals surface area contributed by atoms with E-state index in [0.717, 1.165) is 4.31 Å². The molecule has 21 heavy (non-hydrogen) atoms. The predicted octanol–water partition coefficient (Wildman–Crippen LogP) is 1.52. The molecule has 1 aromatic carbocycles. The van der Waals surface area contributed by atoms with E-state index in [2.05, 4.69) is 0 Å². The van der Waals surface area contributed by atoms with E-state index in [-0.39, 0.29) is 17.2 Å². The van der Waals surface area contributed by atoms with Crippen LogP contribution in [-0.2, 0) is 14.8 Å². The van der Waals surface area contributed by atoms with Crippen molar-refractivity contribution in [3.63, 3.8) is 0 Å². The molecular formula is C14H17NO5S. The van der Waals surface area contributed by atoms with Crippen LogP contribution in [0, 0.1) is 0 Å². The monoisotopic (exact) mass is 311 g/mol. The minimum Gasteiger partial charge on any atom is -0.480 e. The maximum atomic E-state index is 12.6. The number of carboxylic acid groups (broad SMARTS) is 1. The van der Waals surface area contributed by atoms with Gasteiger partial charge in [-0.2, -0.15) is 4.31 Å². The van der Waals surface area contributed by atoms with Crippen molar-refractivity contribution < 1.29 is 23.1 Å². The van der Waals surface area contributed by atoms with Crippen LogP contribution >= 0.6 is 0 Å². The van der Waals surface area contributed by atoms with Gasteiger partial charge >= 0.3 is 5.97 Å². The van der Waals surface area contributed by atoms with Crippen molar-refractivity contribution in [2.24, 2.45) is 0 Å². The van der Waals surface area contributed by atoms with Gasteiger partial charge in [0.1, 0.15) is 6.04 Å². The van der Waals surface area contributed by atoms with Crippen molar-refractivity contribution in [2.45, 2.75) is 37.1 Å². The van der Waals surface area contributed by atoms with E-state index in [0.29, 0.717) is 24.8 Å². The first kappa shape index (κ1) is 15.7. The fourth-order valence-electron chi connectivity index (χ4n) is 2.45. The van der Waals surface area contributed by atoms with Crippen LogP contribution in [-0.4, -0.2) is 42.2 Å². The van der Waals surface area contributed by atoms with Crippen LogP contribution in [0.2, 0.25) is 0 Å². The number of ketones is 1. The van der Waals surface area contributed by atoms with Crippen molar-refractivity contribution in [1.29, 1.82) is 0 Å². The molecule has 1 aromatic rings. The molecule has 0 aromatic heterocycles. The van der Waals surface area contributed by atoms with Gasteiger partial charge in [0, 0.05) is 12.1 Å². The molecule has 0 radical (unpaired) electrons. The summed E-state index contributed by atoms with van der Waals surface area (Å²) in [5, 5.41) is 9.20. The lowest BCUT2D eigenvalue weighted by Crippen LogP contribution is -2.47. The molecule has 0 aliphatic carbocycles. The highest BCUT2D eigenvalue weighted by Gasteiger charge is 2.37. The quantitative estimate of drug-likeness (QED) is 0.851. The minimum absolute atomic E-state index is 0.0386. The average molecular weight is 311 g/mol. The molecule has 1 N–H and O–H groups in total. The summed E-state index contributed by atoms with van der Waals surface area (Å²) in [5.74, 6) is -1.37. The van der Waals surface area contributed by atoms with E-state index >= 15 is 0 Å². The first-order valence-corrected chi connectivity index (χ1v) is 8.13. The predicted molar refractivity (Wildman–Crippen MR) is 75.6 cm³/mol. The lowest BCUT2D eigenvalue weighted by molar-refractivity contribution is -0.142. The highest BCUT2D eigenvalue weighted by atomic mass is 32.2. The number of hydrogen-bond donors (Lipinski definition) is 1. The molecule has 1 fully saturated rings. The van der Waals surface area contributed by atoms with E-state index in [1.807, 2.05) is 0 Å². The molecule has 0 bridgehead atoms. The number of carbonyl (C=O) groups is 2. The van der Waals surface area contributed by atoms with Gasteiger partial charge < -0.3 is 5.11 Å². The Morgan fingerprint density at radius 2 is 2.00 bits per heavy atom. The van der Waals surface area contributed by atoms with Crippen LogP contribution in [0.5, 0.6) is 0 Å². The van der Waals surface area contributed by atoms with Crippen LogP contribution in [0.3, 0.4) is 0 Å². The maximum Gasteiger partial charge on any atom is 0.322 e. The van der Waals surface area contributed by atoms with Crippen molar-refractivity contribution in [3.8, 4) is 0 Å². The van der Waals surface area contributed by atoms with Gasteiger partial charge in [0.05, 0.1) is 4.90 Å². The smallest absolute Gasteiger partial charge is 0.322 e. The molecule has 114 valence electrons. The zero-order valence-electron chi connectivity index (χ0n) is 11.7. The first-order valence-electron chi connectivity index (χ1n) is 6.69. The summed E-state index contributed by atoms with van der Waals surface area (Å²) >= 11 is 0. The Morgan fingerprint density at radius 3 is 2.62 bits per heavy atom. The van der Waals surface area contributed by atoms with E-state index in [1.165, 1.54) is 31.2 Å². The zero-order chi connectivity index (χ0) is 15.6. The van der Waals surface area contributed by atoms with Crippen LogP contribution in [0.1, 0.15) is 36.5 Å². The molecule has 0 saturated carbocycles. The zero-order valence-corrected chi connectivity index (χ0v) is 12.5. The normalized spacial score (nSPS) is 20.1. The summed E-state index contributed by atoms with van der Waals surface area (Å²) in [5.41, 5.74) is 0.292. The molecule has 1 atom stereocenters. The van der Waals surface area contributed by atoms with Gasteiger partial charge in [-0.25, -0.2) is 8.42 Å². The molecule has 0 spiro atoms.